The van der Waals surface area contributed by atoms with Crippen molar-refractivity contribution in [2.24, 2.45) is 20.5 Å². The zero-order chi connectivity index (χ0) is 32.4. The van der Waals surface area contributed by atoms with Gasteiger partial charge in [-0.25, -0.2) is 0 Å². The first kappa shape index (κ1) is 33.2. The zero-order valence-corrected chi connectivity index (χ0v) is 26.7. The van der Waals surface area contributed by atoms with Gasteiger partial charge in [0, 0.05) is 0 Å². The van der Waals surface area contributed by atoms with Gasteiger partial charge in [-0.2, -0.15) is 0 Å². The molecule has 0 heterocycles. The fourth-order valence-electron chi connectivity index (χ4n) is 3.67. The normalized spacial score (nSPS) is 12.6. The molecule has 0 aliphatic rings. The van der Waals surface area contributed by atoms with Crippen LogP contribution in [-0.4, -0.2) is 83.9 Å². The van der Waals surface area contributed by atoms with Gasteiger partial charge in [-0.3, -0.25) is 0 Å². The first-order chi connectivity index (χ1) is 20.6. The van der Waals surface area contributed by atoms with E-state index in [0.29, 0.717) is 12.1 Å². The average Bonchev–Trinajstić information content (AvgIpc) is 2.91. The molecule has 0 spiro atoms. The Labute approximate surface area is 258 Å². The maximum absolute atomic E-state index is 12.2. The molecular formula is C22H18As2N4O14S2. The summed E-state index contributed by atoms with van der Waals surface area (Å²) in [4.78, 5) is -2.20. The molecule has 0 fully saturated rings. The number of hydrogen-bond acceptors (Lipinski definition) is 16. The maximum atomic E-state index is 12.2. The SMILES string of the molecule is O=S(=O)(O)c1cc2cc(S(=O)(=O)O)c(N=Nc3ccccc3O[As](O)O)c(O)c2c(O)c1N=Nc1ccccc1O[As](O)O. The molecule has 0 radical (unpaired) electrons. The van der Waals surface area contributed by atoms with E-state index in [1.165, 1.54) is 48.5 Å². The van der Waals surface area contributed by atoms with Crippen molar-refractivity contribution in [3.8, 4) is 23.0 Å². The van der Waals surface area contributed by atoms with E-state index in [4.69, 9.17) is 7.45 Å². The van der Waals surface area contributed by atoms with Crippen molar-refractivity contribution in [3.63, 3.8) is 0 Å². The Morgan fingerprint density at radius 1 is 0.591 bits per heavy atom. The van der Waals surface area contributed by atoms with Crippen LogP contribution in [0.1, 0.15) is 0 Å². The van der Waals surface area contributed by atoms with Crippen LogP contribution in [0.2, 0.25) is 0 Å². The van der Waals surface area contributed by atoms with Crippen molar-refractivity contribution < 1.29 is 60.0 Å². The summed E-state index contributed by atoms with van der Waals surface area (Å²) in [7, 11) is -10.4. The van der Waals surface area contributed by atoms with Crippen LogP contribution in [0.5, 0.6) is 23.0 Å². The minimum atomic E-state index is -5.22. The summed E-state index contributed by atoms with van der Waals surface area (Å²) in [6.07, 6.45) is 0. The van der Waals surface area contributed by atoms with Crippen LogP contribution >= 0.6 is 0 Å². The monoisotopic (exact) mass is 776 g/mol. The van der Waals surface area contributed by atoms with Gasteiger partial charge in [0.05, 0.1) is 0 Å². The van der Waals surface area contributed by atoms with E-state index in [-0.39, 0.29) is 22.9 Å². The van der Waals surface area contributed by atoms with Crippen molar-refractivity contribution in [2.75, 3.05) is 0 Å². The number of rotatable bonds is 10. The summed E-state index contributed by atoms with van der Waals surface area (Å²) in [6.45, 7) is 0. The number of para-hydroxylation sites is 2. The Hall–Kier alpha value is -3.68. The van der Waals surface area contributed by atoms with E-state index >= 15 is 0 Å². The number of benzene rings is 4. The number of fused-ring (bicyclic) bond motifs is 1. The summed E-state index contributed by atoms with van der Waals surface area (Å²) < 4.78 is 115. The molecule has 0 aromatic heterocycles. The van der Waals surface area contributed by atoms with Crippen LogP contribution in [0.3, 0.4) is 0 Å². The number of hydrogen-bond donors (Lipinski definition) is 8. The zero-order valence-electron chi connectivity index (χ0n) is 21.3. The molecule has 0 atom stereocenters. The summed E-state index contributed by atoms with van der Waals surface area (Å²) >= 11 is -7.37. The van der Waals surface area contributed by atoms with Crippen LogP contribution in [0.4, 0.5) is 22.7 Å². The second-order valence-electron chi connectivity index (χ2n) is 8.22. The second kappa shape index (κ2) is 13.1. The fourth-order valence-corrected chi connectivity index (χ4v) is 6.37. The van der Waals surface area contributed by atoms with E-state index in [0.717, 1.165) is 0 Å². The number of phenolic OH excluding ortho intramolecular Hbond substituents is 2. The molecular weight excluding hydrogens is 758 g/mol. The Morgan fingerprint density at radius 3 is 1.30 bits per heavy atom. The quantitative estimate of drug-likeness (QED) is 0.0651. The van der Waals surface area contributed by atoms with Crippen molar-refractivity contribution in [3.05, 3.63) is 60.7 Å². The molecule has 0 aliphatic carbocycles. The molecule has 0 bridgehead atoms. The third-order valence-corrected chi connectivity index (χ3v) is 8.66. The average molecular weight is 776 g/mol. The number of nitrogens with zero attached hydrogens (tertiary/aromatic N) is 4. The van der Waals surface area contributed by atoms with Crippen LogP contribution in [0.25, 0.3) is 10.8 Å². The van der Waals surface area contributed by atoms with E-state index in [1.54, 1.807) is 0 Å². The number of phenols is 2. The van der Waals surface area contributed by atoms with Gasteiger partial charge < -0.3 is 0 Å². The molecule has 0 amide bonds. The third-order valence-electron chi connectivity index (χ3n) is 5.41. The number of aromatic hydroxyl groups is 2. The van der Waals surface area contributed by atoms with E-state index in [2.05, 4.69) is 20.5 Å². The molecule has 22 heteroatoms. The predicted molar refractivity (Wildman–Crippen MR) is 150 cm³/mol. The Kier molecular flexibility index (Phi) is 9.91. The summed E-state index contributed by atoms with van der Waals surface area (Å²) in [5.41, 5.74) is -2.24. The summed E-state index contributed by atoms with van der Waals surface area (Å²) in [6, 6.07) is 12.1. The molecule has 4 rings (SSSR count). The Morgan fingerprint density at radius 2 is 0.955 bits per heavy atom. The first-order valence-electron chi connectivity index (χ1n) is 11.3. The standard InChI is InChI=1S/C22H18As2N4O14S2/c29-21-18-11(9-16(43(35,36)37)19(21)27-25-12-5-1-3-7-14(12)41-23(31)32)10-17(44(38,39)40)20(22(18)30)28-26-13-6-2-4-8-15(13)42-24(33)34/h1-10,29-34H,(H,35,36,37)(H,38,39,40). The molecule has 0 saturated heterocycles. The first-order valence-corrected chi connectivity index (χ1v) is 19.1. The van der Waals surface area contributed by atoms with Crippen LogP contribution in [0, 0.1) is 0 Å². The topological polar surface area (TPSA) is 298 Å². The van der Waals surface area contributed by atoms with Gasteiger partial charge in [-0.05, 0) is 0 Å². The van der Waals surface area contributed by atoms with E-state index in [1.807, 2.05) is 0 Å². The second-order valence-corrected chi connectivity index (χ2v) is 13.9. The van der Waals surface area contributed by atoms with E-state index < -0.39 is 95.0 Å². The molecule has 232 valence electrons. The molecule has 8 N–H and O–H groups in total. The van der Waals surface area contributed by atoms with Crippen molar-refractivity contribution >= 4 is 85.1 Å². The van der Waals surface area contributed by atoms with Crippen LogP contribution in [0.15, 0.2) is 90.9 Å². The predicted octanol–water partition coefficient (Wildman–Crippen LogP) is 2.27. The molecule has 0 aliphatic heterocycles. The van der Waals surface area contributed by atoms with Gasteiger partial charge in [0.25, 0.3) is 0 Å². The van der Waals surface area contributed by atoms with Gasteiger partial charge >= 0.3 is 259 Å². The molecule has 0 saturated carbocycles. The molecule has 0 unspecified atom stereocenters. The van der Waals surface area contributed by atoms with Gasteiger partial charge in [0.1, 0.15) is 0 Å². The van der Waals surface area contributed by atoms with Crippen molar-refractivity contribution in [1.82, 2.24) is 0 Å². The van der Waals surface area contributed by atoms with Crippen molar-refractivity contribution in [2.45, 2.75) is 9.79 Å². The molecule has 44 heavy (non-hydrogen) atoms. The van der Waals surface area contributed by atoms with Gasteiger partial charge in [-0.15, -0.1) is 0 Å². The van der Waals surface area contributed by atoms with Crippen LogP contribution < -0.4 is 7.45 Å². The number of azo groups is 2. The molecule has 4 aromatic rings. The van der Waals surface area contributed by atoms with Gasteiger partial charge in [-0.1, -0.05) is 0 Å². The molecule has 18 nitrogen and oxygen atoms in total. The third kappa shape index (κ3) is 7.51. The van der Waals surface area contributed by atoms with Crippen LogP contribution in [-0.2, 0) is 20.2 Å². The summed E-state index contributed by atoms with van der Waals surface area (Å²) in [5.74, 6) is -2.66. The van der Waals surface area contributed by atoms with Gasteiger partial charge in [0.2, 0.25) is 0 Å². The van der Waals surface area contributed by atoms with E-state index in [9.17, 15) is 52.5 Å². The van der Waals surface area contributed by atoms with Crippen molar-refractivity contribution in [1.29, 1.82) is 0 Å². The Bertz CT molecular complexity index is 1880. The van der Waals surface area contributed by atoms with Gasteiger partial charge in [0.15, 0.2) is 0 Å². The summed E-state index contributed by atoms with van der Waals surface area (Å²) in [5, 5.41) is 35.7. The fraction of sp³-hybridized carbons (Fsp3) is 0. The minimum absolute atomic E-state index is 0.173. The molecule has 4 aromatic carbocycles. The Balaban J connectivity index is 1.99.